The van der Waals surface area contributed by atoms with Crippen LogP contribution in [-0.2, 0) is 19.9 Å². The van der Waals surface area contributed by atoms with Crippen LogP contribution in [0.3, 0.4) is 0 Å². The minimum Gasteiger partial charge on any atom is -0.224 e. The molecule has 1 aromatic rings. The van der Waals surface area contributed by atoms with Crippen molar-refractivity contribution in [3.63, 3.8) is 0 Å². The largest absolute Gasteiger partial charge is 0.240 e. The molecule has 0 saturated heterocycles. The summed E-state index contributed by atoms with van der Waals surface area (Å²) in [7, 11) is -6.98. The van der Waals surface area contributed by atoms with E-state index in [9.17, 15) is 16.8 Å². The number of benzene rings is 1. The van der Waals surface area contributed by atoms with E-state index >= 15 is 0 Å². The standard InChI is InChI=1S/C10H12BrNO4S2/c1-8(11)7-12-18(15,16)10-5-3-9(4-6-10)17(2,13)14/h3-6,12H,1,7H2,2H3. The molecular formula is C10H12BrNO4S2. The van der Waals surface area contributed by atoms with Crippen molar-refractivity contribution < 1.29 is 16.8 Å². The summed E-state index contributed by atoms with van der Waals surface area (Å²) in [6.45, 7) is 3.57. The molecule has 0 fully saturated rings. The lowest BCUT2D eigenvalue weighted by Crippen LogP contribution is -2.24. The van der Waals surface area contributed by atoms with Gasteiger partial charge in [0.1, 0.15) is 0 Å². The summed E-state index contributed by atoms with van der Waals surface area (Å²) in [4.78, 5) is 0.0787. The molecule has 0 amide bonds. The van der Waals surface area contributed by atoms with Gasteiger partial charge in [-0.1, -0.05) is 22.5 Å². The normalized spacial score (nSPS) is 12.3. The monoisotopic (exact) mass is 353 g/mol. The van der Waals surface area contributed by atoms with Crippen LogP contribution in [-0.4, -0.2) is 29.6 Å². The van der Waals surface area contributed by atoms with Crippen LogP contribution in [0.2, 0.25) is 0 Å². The molecule has 0 radical (unpaired) electrons. The second-order valence-electron chi connectivity index (χ2n) is 3.59. The lowest BCUT2D eigenvalue weighted by Gasteiger charge is -2.06. The van der Waals surface area contributed by atoms with Crippen molar-refractivity contribution in [2.45, 2.75) is 9.79 Å². The quantitative estimate of drug-likeness (QED) is 0.864. The van der Waals surface area contributed by atoms with Gasteiger partial charge in [-0.25, -0.2) is 21.6 Å². The average molecular weight is 354 g/mol. The zero-order chi connectivity index (χ0) is 14.0. The first-order valence-electron chi connectivity index (χ1n) is 4.76. The topological polar surface area (TPSA) is 80.3 Å². The molecule has 8 heteroatoms. The molecule has 1 aromatic carbocycles. The molecule has 1 N–H and O–H groups in total. The molecule has 0 bridgehead atoms. The Morgan fingerprint density at radius 2 is 1.61 bits per heavy atom. The second kappa shape index (κ2) is 5.52. The van der Waals surface area contributed by atoms with Gasteiger partial charge in [0.2, 0.25) is 10.0 Å². The van der Waals surface area contributed by atoms with Crippen molar-refractivity contribution >= 4 is 35.8 Å². The average Bonchev–Trinajstić information content (AvgIpc) is 2.26. The van der Waals surface area contributed by atoms with Gasteiger partial charge in [-0.2, -0.15) is 0 Å². The van der Waals surface area contributed by atoms with Gasteiger partial charge in [0.15, 0.2) is 9.84 Å². The zero-order valence-electron chi connectivity index (χ0n) is 9.55. The van der Waals surface area contributed by atoms with E-state index in [1.54, 1.807) is 0 Å². The first-order valence-corrected chi connectivity index (χ1v) is 8.93. The smallest absolute Gasteiger partial charge is 0.224 e. The molecule has 0 atom stereocenters. The van der Waals surface area contributed by atoms with Crippen LogP contribution >= 0.6 is 15.9 Å². The van der Waals surface area contributed by atoms with Gasteiger partial charge in [0, 0.05) is 17.3 Å². The minimum atomic E-state index is -3.65. The van der Waals surface area contributed by atoms with Crippen LogP contribution in [0.25, 0.3) is 0 Å². The molecule has 0 spiro atoms. The highest BCUT2D eigenvalue weighted by molar-refractivity contribution is 9.11. The van der Waals surface area contributed by atoms with Gasteiger partial charge in [0.25, 0.3) is 0 Å². The van der Waals surface area contributed by atoms with Crippen molar-refractivity contribution in [1.82, 2.24) is 4.72 Å². The molecule has 18 heavy (non-hydrogen) atoms. The number of nitrogens with one attached hydrogen (secondary N) is 1. The van der Waals surface area contributed by atoms with E-state index in [1.807, 2.05) is 0 Å². The predicted molar refractivity (Wildman–Crippen MR) is 72.8 cm³/mol. The molecule has 100 valence electrons. The van der Waals surface area contributed by atoms with E-state index in [1.165, 1.54) is 24.3 Å². The Morgan fingerprint density at radius 1 is 1.17 bits per heavy atom. The van der Waals surface area contributed by atoms with Crippen LogP contribution < -0.4 is 4.72 Å². The van der Waals surface area contributed by atoms with E-state index in [0.717, 1.165) is 6.26 Å². The summed E-state index contributed by atoms with van der Waals surface area (Å²) in [5.74, 6) is 0. The molecule has 0 aliphatic carbocycles. The molecule has 0 aromatic heterocycles. The third-order valence-corrected chi connectivity index (χ3v) is 4.84. The van der Waals surface area contributed by atoms with E-state index < -0.39 is 19.9 Å². The van der Waals surface area contributed by atoms with Crippen molar-refractivity contribution in [1.29, 1.82) is 0 Å². The Labute approximate surface area is 115 Å². The summed E-state index contributed by atoms with van der Waals surface area (Å²) in [5, 5.41) is 0. The number of hydrogen-bond donors (Lipinski definition) is 1. The lowest BCUT2D eigenvalue weighted by atomic mass is 10.4. The molecule has 5 nitrogen and oxygen atoms in total. The van der Waals surface area contributed by atoms with Crippen LogP contribution in [0.5, 0.6) is 0 Å². The number of rotatable bonds is 5. The summed E-state index contributed by atoms with van der Waals surface area (Å²) in [6, 6.07) is 5.01. The number of hydrogen-bond acceptors (Lipinski definition) is 4. The van der Waals surface area contributed by atoms with Gasteiger partial charge < -0.3 is 0 Å². The summed E-state index contributed by atoms with van der Waals surface area (Å²) < 4.78 is 48.8. The molecule has 1 rings (SSSR count). The Hall–Kier alpha value is -0.700. The highest BCUT2D eigenvalue weighted by atomic mass is 79.9. The molecular weight excluding hydrogens is 342 g/mol. The van der Waals surface area contributed by atoms with Crippen LogP contribution in [0.15, 0.2) is 45.1 Å². The molecule has 0 aliphatic heterocycles. The fraction of sp³-hybridized carbons (Fsp3) is 0.200. The third kappa shape index (κ3) is 4.20. The molecule has 0 aliphatic rings. The van der Waals surface area contributed by atoms with Crippen LogP contribution in [0.1, 0.15) is 0 Å². The number of sulfonamides is 1. The van der Waals surface area contributed by atoms with Crippen molar-refractivity contribution in [3.05, 3.63) is 35.3 Å². The van der Waals surface area contributed by atoms with Crippen LogP contribution in [0, 0.1) is 0 Å². The maximum Gasteiger partial charge on any atom is 0.240 e. The van der Waals surface area contributed by atoms with Crippen molar-refractivity contribution in [3.8, 4) is 0 Å². The van der Waals surface area contributed by atoms with Gasteiger partial charge in [-0.3, -0.25) is 0 Å². The molecule has 0 saturated carbocycles. The van der Waals surface area contributed by atoms with Gasteiger partial charge in [0.05, 0.1) is 9.79 Å². The fourth-order valence-electron chi connectivity index (χ4n) is 1.12. The van der Waals surface area contributed by atoms with Crippen LogP contribution in [0.4, 0.5) is 0 Å². The first-order chi connectivity index (χ1) is 8.13. The highest BCUT2D eigenvalue weighted by Crippen LogP contribution is 2.14. The third-order valence-electron chi connectivity index (χ3n) is 2.02. The number of halogens is 1. The Balaban J connectivity index is 3.02. The maximum atomic E-state index is 11.8. The first kappa shape index (κ1) is 15.4. The minimum absolute atomic E-state index is 0.00338. The highest BCUT2D eigenvalue weighted by Gasteiger charge is 2.15. The molecule has 0 heterocycles. The van der Waals surface area contributed by atoms with Gasteiger partial charge >= 0.3 is 0 Å². The van der Waals surface area contributed by atoms with Gasteiger partial charge in [-0.05, 0) is 24.3 Å². The second-order valence-corrected chi connectivity index (χ2v) is 8.49. The summed E-state index contributed by atoms with van der Waals surface area (Å²) in [5.41, 5.74) is 0. The molecule has 0 unspecified atom stereocenters. The Morgan fingerprint density at radius 3 is 2.00 bits per heavy atom. The van der Waals surface area contributed by atoms with E-state index in [0.29, 0.717) is 4.48 Å². The van der Waals surface area contributed by atoms with E-state index in [4.69, 9.17) is 0 Å². The Kier molecular flexibility index (Phi) is 4.71. The predicted octanol–water partition coefficient (Wildman–Crippen LogP) is 1.28. The number of sulfone groups is 1. The summed E-state index contributed by atoms with van der Waals surface area (Å²) in [6.07, 6.45) is 1.06. The van der Waals surface area contributed by atoms with Crippen molar-refractivity contribution in [2.75, 3.05) is 12.8 Å². The zero-order valence-corrected chi connectivity index (χ0v) is 12.8. The van der Waals surface area contributed by atoms with Crippen molar-refractivity contribution in [2.24, 2.45) is 0 Å². The lowest BCUT2D eigenvalue weighted by molar-refractivity contribution is 0.584. The maximum absolute atomic E-state index is 11.8. The fourth-order valence-corrected chi connectivity index (χ4v) is 3.10. The van der Waals surface area contributed by atoms with E-state index in [-0.39, 0.29) is 16.3 Å². The Bertz CT molecular complexity index is 648. The van der Waals surface area contributed by atoms with E-state index in [2.05, 4.69) is 27.2 Å². The summed E-state index contributed by atoms with van der Waals surface area (Å²) >= 11 is 3.04. The SMILES string of the molecule is C=C(Br)CNS(=O)(=O)c1ccc(S(C)(=O)=O)cc1. The van der Waals surface area contributed by atoms with Gasteiger partial charge in [-0.15, -0.1) is 0 Å².